The van der Waals surface area contributed by atoms with Crippen molar-refractivity contribution >= 4 is 40.6 Å². The first-order valence-electron chi connectivity index (χ1n) is 9.15. The molecule has 9 nitrogen and oxygen atoms in total. The molecule has 10 heteroatoms. The van der Waals surface area contributed by atoms with E-state index in [1.54, 1.807) is 55.6 Å². The van der Waals surface area contributed by atoms with Gasteiger partial charge in [-0.2, -0.15) is 0 Å². The number of aromatic nitrogens is 2. The number of ether oxygens (including phenoxy) is 1. The first-order valence-corrected chi connectivity index (χ1v) is 9.56. The fourth-order valence-corrected chi connectivity index (χ4v) is 3.04. The zero-order chi connectivity index (χ0) is 21.5. The number of carbonyl (C=O) groups excluding carboxylic acids is 2. The monoisotopic (exact) mass is 427 g/mol. The summed E-state index contributed by atoms with van der Waals surface area (Å²) in [4.78, 5) is 39.4. The Hall–Kier alpha value is -3.66. The number of nitrogens with zero attached hydrogens (tertiary/aromatic N) is 1. The Morgan fingerprint density at radius 3 is 2.50 bits per heavy atom. The summed E-state index contributed by atoms with van der Waals surface area (Å²) in [7, 11) is 1.57. The summed E-state index contributed by atoms with van der Waals surface area (Å²) in [5.74, 6) is -0.149. The number of hydrazine groups is 1. The summed E-state index contributed by atoms with van der Waals surface area (Å²) in [6.45, 7) is 0.0623. The van der Waals surface area contributed by atoms with Crippen molar-refractivity contribution in [3.63, 3.8) is 0 Å². The molecule has 0 bridgehead atoms. The minimum Gasteiger partial charge on any atom is -0.497 e. The van der Waals surface area contributed by atoms with Gasteiger partial charge in [0.05, 0.1) is 24.6 Å². The zero-order valence-corrected chi connectivity index (χ0v) is 17.0. The van der Waals surface area contributed by atoms with Gasteiger partial charge in [-0.3, -0.25) is 29.8 Å². The third-order valence-corrected chi connectivity index (χ3v) is 4.66. The molecule has 2 amide bonds. The molecule has 3 aromatic rings. The van der Waals surface area contributed by atoms with Crippen LogP contribution in [0.3, 0.4) is 0 Å². The van der Waals surface area contributed by atoms with Crippen molar-refractivity contribution in [2.45, 2.75) is 13.0 Å². The van der Waals surface area contributed by atoms with Gasteiger partial charge < -0.3 is 15.0 Å². The maximum Gasteiger partial charge on any atom is 0.262 e. The number of nitrogens with one attached hydrogen (secondary N) is 4. The van der Waals surface area contributed by atoms with Crippen molar-refractivity contribution in [1.29, 1.82) is 0 Å². The minimum absolute atomic E-state index is 0.0258. The van der Waals surface area contributed by atoms with E-state index >= 15 is 0 Å². The highest BCUT2D eigenvalue weighted by Crippen LogP contribution is 2.14. The molecule has 0 unspecified atom stereocenters. The first-order chi connectivity index (χ1) is 14.5. The van der Waals surface area contributed by atoms with E-state index in [1.165, 1.54) is 4.57 Å². The number of fused-ring (bicyclic) bond motifs is 1. The lowest BCUT2D eigenvalue weighted by Crippen LogP contribution is -2.44. The molecule has 0 saturated carbocycles. The van der Waals surface area contributed by atoms with Crippen LogP contribution < -0.4 is 26.5 Å². The van der Waals surface area contributed by atoms with Crippen molar-refractivity contribution in [1.82, 2.24) is 20.4 Å². The Morgan fingerprint density at radius 1 is 1.07 bits per heavy atom. The molecule has 1 heterocycles. The molecule has 156 valence electrons. The molecule has 0 radical (unpaired) electrons. The maximum atomic E-state index is 12.5. The molecule has 1 aromatic heterocycles. The minimum atomic E-state index is -0.442. The molecular formula is C20H21N5O4S. The van der Waals surface area contributed by atoms with E-state index in [4.69, 9.17) is 17.0 Å². The second-order valence-electron chi connectivity index (χ2n) is 6.36. The summed E-state index contributed by atoms with van der Waals surface area (Å²) in [5.41, 5.74) is 5.76. The Morgan fingerprint density at radius 2 is 1.77 bits per heavy atom. The number of methoxy groups -OCH3 is 1. The lowest BCUT2D eigenvalue weighted by Gasteiger charge is -2.10. The van der Waals surface area contributed by atoms with Gasteiger partial charge in [0.25, 0.3) is 11.5 Å². The second kappa shape index (κ2) is 9.70. The number of benzene rings is 2. The molecular weight excluding hydrogens is 406 g/mol. The van der Waals surface area contributed by atoms with Gasteiger partial charge in [-0.15, -0.1) is 0 Å². The zero-order valence-electron chi connectivity index (χ0n) is 16.2. The van der Waals surface area contributed by atoms with Crippen LogP contribution >= 0.6 is 12.2 Å². The lowest BCUT2D eigenvalue weighted by molar-refractivity contribution is -0.128. The van der Waals surface area contributed by atoms with Crippen LogP contribution in [0.1, 0.15) is 6.42 Å². The topological polar surface area (TPSA) is 117 Å². The van der Waals surface area contributed by atoms with Gasteiger partial charge in [0.2, 0.25) is 5.91 Å². The quantitative estimate of drug-likeness (QED) is 0.337. The number of amides is 2. The van der Waals surface area contributed by atoms with Crippen molar-refractivity contribution in [2.24, 2.45) is 0 Å². The van der Waals surface area contributed by atoms with Crippen LogP contribution in [0.4, 0.5) is 5.69 Å². The predicted molar refractivity (Wildman–Crippen MR) is 116 cm³/mol. The number of H-pyrrole nitrogens is 1. The van der Waals surface area contributed by atoms with Crippen molar-refractivity contribution in [2.75, 3.05) is 19.0 Å². The summed E-state index contributed by atoms with van der Waals surface area (Å²) in [5, 5.41) is 3.42. The molecule has 0 fully saturated rings. The number of aromatic amines is 1. The highest BCUT2D eigenvalue weighted by molar-refractivity contribution is 7.71. The number of hydrogen-bond donors (Lipinski definition) is 4. The highest BCUT2D eigenvalue weighted by atomic mass is 32.1. The van der Waals surface area contributed by atoms with E-state index in [0.29, 0.717) is 16.7 Å². The third-order valence-electron chi connectivity index (χ3n) is 4.34. The van der Waals surface area contributed by atoms with Crippen molar-refractivity contribution < 1.29 is 14.3 Å². The molecule has 4 N–H and O–H groups in total. The van der Waals surface area contributed by atoms with Crippen LogP contribution in [0.2, 0.25) is 0 Å². The summed E-state index contributed by atoms with van der Waals surface area (Å²) >= 11 is 5.21. The number of anilines is 1. The van der Waals surface area contributed by atoms with Crippen molar-refractivity contribution in [3.05, 3.63) is 63.7 Å². The average Bonchev–Trinajstić information content (AvgIpc) is 2.76. The van der Waals surface area contributed by atoms with Gasteiger partial charge in [0, 0.05) is 18.7 Å². The molecule has 0 atom stereocenters. The van der Waals surface area contributed by atoms with Gasteiger partial charge in [0.15, 0.2) is 4.77 Å². The standard InChI is InChI=1S/C20H21N5O4S/c1-29-14-8-6-13(7-9-14)21-12-18(27)24-23-17(26)10-11-25-19(28)15-4-2-3-5-16(15)22-20(25)30/h2-9,21H,10-12H2,1H3,(H,22,30)(H,23,26)(H,24,27). The Balaban J connectivity index is 1.48. The first kappa shape index (κ1) is 21.1. The lowest BCUT2D eigenvalue weighted by atomic mass is 10.2. The van der Waals surface area contributed by atoms with Gasteiger partial charge in [-0.05, 0) is 48.6 Å². The van der Waals surface area contributed by atoms with Gasteiger partial charge in [-0.25, -0.2) is 0 Å². The van der Waals surface area contributed by atoms with Gasteiger partial charge in [-0.1, -0.05) is 12.1 Å². The summed E-state index contributed by atoms with van der Waals surface area (Å²) in [6, 6.07) is 14.1. The second-order valence-corrected chi connectivity index (χ2v) is 6.75. The van der Waals surface area contributed by atoms with Crippen molar-refractivity contribution in [3.8, 4) is 5.75 Å². The smallest absolute Gasteiger partial charge is 0.262 e. The number of carbonyl (C=O) groups is 2. The van der Waals surface area contributed by atoms with Crippen LogP contribution in [0.15, 0.2) is 53.3 Å². The van der Waals surface area contributed by atoms with E-state index in [9.17, 15) is 14.4 Å². The van der Waals surface area contributed by atoms with E-state index < -0.39 is 11.8 Å². The molecule has 0 saturated heterocycles. The van der Waals surface area contributed by atoms with E-state index in [-0.39, 0.29) is 29.8 Å². The van der Waals surface area contributed by atoms with Crippen LogP contribution in [0.5, 0.6) is 5.75 Å². The van der Waals surface area contributed by atoms with E-state index in [1.807, 2.05) is 0 Å². The SMILES string of the molecule is COc1ccc(NCC(=O)NNC(=O)CCn2c(=S)[nH]c3ccccc3c2=O)cc1. The summed E-state index contributed by atoms with van der Waals surface area (Å²) < 4.78 is 6.63. The normalized spacial score (nSPS) is 10.4. The number of rotatable bonds is 7. The number of para-hydroxylation sites is 1. The Kier molecular flexibility index (Phi) is 6.81. The van der Waals surface area contributed by atoms with Gasteiger partial charge >= 0.3 is 0 Å². The van der Waals surface area contributed by atoms with Crippen LogP contribution in [0, 0.1) is 4.77 Å². The molecule has 2 aromatic carbocycles. The molecule has 30 heavy (non-hydrogen) atoms. The fourth-order valence-electron chi connectivity index (χ4n) is 2.75. The highest BCUT2D eigenvalue weighted by Gasteiger charge is 2.09. The maximum absolute atomic E-state index is 12.5. The number of hydrogen-bond acceptors (Lipinski definition) is 6. The van der Waals surface area contributed by atoms with Crippen LogP contribution in [-0.4, -0.2) is 35.0 Å². The molecule has 3 rings (SSSR count). The van der Waals surface area contributed by atoms with E-state index in [0.717, 1.165) is 5.69 Å². The fraction of sp³-hybridized carbons (Fsp3) is 0.200. The molecule has 0 aliphatic carbocycles. The molecule has 0 spiro atoms. The van der Waals surface area contributed by atoms with Crippen LogP contribution in [-0.2, 0) is 16.1 Å². The van der Waals surface area contributed by atoms with E-state index in [2.05, 4.69) is 21.2 Å². The third kappa shape index (κ3) is 5.23. The van der Waals surface area contributed by atoms with Gasteiger partial charge in [0.1, 0.15) is 5.75 Å². The predicted octanol–water partition coefficient (Wildman–Crippen LogP) is 1.72. The molecule has 0 aliphatic heterocycles. The average molecular weight is 427 g/mol. The Bertz CT molecular complexity index is 1170. The summed E-state index contributed by atoms with van der Waals surface area (Å²) in [6.07, 6.45) is -0.0259. The Labute approximate surface area is 177 Å². The molecule has 0 aliphatic rings. The van der Waals surface area contributed by atoms with Crippen LogP contribution in [0.25, 0.3) is 10.9 Å². The largest absolute Gasteiger partial charge is 0.497 e.